The van der Waals surface area contributed by atoms with Gasteiger partial charge in [-0.1, -0.05) is 55.7 Å². The van der Waals surface area contributed by atoms with Gasteiger partial charge in [-0.3, -0.25) is 9.59 Å². The van der Waals surface area contributed by atoms with E-state index in [1.54, 1.807) is 0 Å². The molecule has 0 unspecified atom stereocenters. The van der Waals surface area contributed by atoms with Gasteiger partial charge in [0.1, 0.15) is 0 Å². The molecular formula is C34H50B2N2O6. The summed E-state index contributed by atoms with van der Waals surface area (Å²) >= 11 is 0. The Morgan fingerprint density at radius 3 is 1.70 bits per heavy atom. The lowest BCUT2D eigenvalue weighted by atomic mass is 9.78. The summed E-state index contributed by atoms with van der Waals surface area (Å²) in [6.07, 6.45) is 6.20. The second kappa shape index (κ2) is 13.0. The zero-order chi connectivity index (χ0) is 32.5. The fourth-order valence-electron chi connectivity index (χ4n) is 5.61. The minimum Gasteiger partial charge on any atom is -0.399 e. The van der Waals surface area contributed by atoms with Crippen molar-refractivity contribution in [3.05, 3.63) is 59.7 Å². The van der Waals surface area contributed by atoms with E-state index < -0.39 is 7.12 Å². The maximum Gasteiger partial charge on any atom is 0.494 e. The first-order valence-electron chi connectivity index (χ1n) is 15.9. The number of amides is 2. The molecule has 2 aromatic rings. The first-order chi connectivity index (χ1) is 20.4. The van der Waals surface area contributed by atoms with Crippen molar-refractivity contribution in [2.24, 2.45) is 5.73 Å². The largest absolute Gasteiger partial charge is 0.494 e. The van der Waals surface area contributed by atoms with E-state index in [4.69, 9.17) is 24.4 Å². The molecule has 2 aromatic carbocycles. The highest BCUT2D eigenvalue weighted by Gasteiger charge is 2.52. The first kappa shape index (κ1) is 34.2. The third-order valence-corrected chi connectivity index (χ3v) is 9.99. The third-order valence-electron chi connectivity index (χ3n) is 9.99. The van der Waals surface area contributed by atoms with Crippen LogP contribution in [0.4, 0.5) is 0 Å². The fourth-order valence-corrected chi connectivity index (χ4v) is 5.61. The molecule has 2 saturated heterocycles. The molecule has 0 atom stereocenters. The van der Waals surface area contributed by atoms with E-state index in [1.807, 2.05) is 116 Å². The first-order valence-corrected chi connectivity index (χ1v) is 15.9. The van der Waals surface area contributed by atoms with Crippen LogP contribution in [0.15, 0.2) is 48.5 Å². The highest BCUT2D eigenvalue weighted by atomic mass is 16.7. The lowest BCUT2D eigenvalue weighted by Crippen LogP contribution is -2.41. The number of rotatable bonds is 6. The van der Waals surface area contributed by atoms with Gasteiger partial charge in [-0.15, -0.1) is 0 Å². The van der Waals surface area contributed by atoms with E-state index in [0.29, 0.717) is 11.6 Å². The van der Waals surface area contributed by atoms with E-state index in [-0.39, 0.29) is 47.8 Å². The van der Waals surface area contributed by atoms with Crippen molar-refractivity contribution in [3.8, 4) is 0 Å². The number of carbonyl (C=O) groups is 2. The van der Waals surface area contributed by atoms with Gasteiger partial charge in [-0.05, 0) is 96.9 Å². The Balaban J connectivity index is 0.000000209. The molecule has 2 aliphatic heterocycles. The molecule has 3 fully saturated rings. The van der Waals surface area contributed by atoms with Gasteiger partial charge in [0.15, 0.2) is 0 Å². The van der Waals surface area contributed by atoms with Crippen LogP contribution in [0, 0.1) is 0 Å². The van der Waals surface area contributed by atoms with Gasteiger partial charge in [0.2, 0.25) is 5.91 Å². The van der Waals surface area contributed by atoms with Crippen LogP contribution >= 0.6 is 0 Å². The van der Waals surface area contributed by atoms with E-state index in [9.17, 15) is 9.59 Å². The molecule has 1 aliphatic carbocycles. The van der Waals surface area contributed by atoms with Crippen molar-refractivity contribution in [1.82, 2.24) is 4.90 Å². The van der Waals surface area contributed by atoms with Crippen molar-refractivity contribution >= 4 is 37.0 Å². The molecule has 8 nitrogen and oxygen atoms in total. The molecule has 0 spiro atoms. The van der Waals surface area contributed by atoms with Crippen molar-refractivity contribution in [2.45, 2.75) is 122 Å². The third kappa shape index (κ3) is 7.58. The second-order valence-corrected chi connectivity index (χ2v) is 14.4. The van der Waals surface area contributed by atoms with Crippen molar-refractivity contribution < 1.29 is 28.2 Å². The Hall–Kier alpha value is -2.65. The minimum atomic E-state index is -0.433. The molecule has 1 saturated carbocycles. The predicted octanol–water partition coefficient (Wildman–Crippen LogP) is 4.40. The van der Waals surface area contributed by atoms with Crippen molar-refractivity contribution in [2.75, 3.05) is 7.05 Å². The summed E-state index contributed by atoms with van der Waals surface area (Å²) in [5.41, 5.74) is 7.18. The smallest absolute Gasteiger partial charge is 0.399 e. The fraction of sp³-hybridized carbons (Fsp3) is 0.588. The lowest BCUT2D eigenvalue weighted by molar-refractivity contribution is -0.117. The van der Waals surface area contributed by atoms with Gasteiger partial charge in [-0.2, -0.15) is 0 Å². The Morgan fingerprint density at radius 2 is 1.23 bits per heavy atom. The monoisotopic (exact) mass is 604 g/mol. The van der Waals surface area contributed by atoms with Crippen LogP contribution in [0.5, 0.6) is 0 Å². The van der Waals surface area contributed by atoms with Gasteiger partial charge in [-0.25, -0.2) is 0 Å². The lowest BCUT2D eigenvalue weighted by Gasteiger charge is -2.32. The Morgan fingerprint density at radius 1 is 0.750 bits per heavy atom. The number of nitrogens with zero attached hydrogens (tertiary/aromatic N) is 1. The van der Waals surface area contributed by atoms with Crippen LogP contribution in [0.3, 0.4) is 0 Å². The van der Waals surface area contributed by atoms with Gasteiger partial charge in [0.05, 0.1) is 28.8 Å². The van der Waals surface area contributed by atoms with Crippen LogP contribution in [-0.2, 0) is 29.8 Å². The average molecular weight is 604 g/mol. The molecular weight excluding hydrogens is 554 g/mol. The van der Waals surface area contributed by atoms with Crippen LogP contribution in [0.1, 0.15) is 103 Å². The minimum absolute atomic E-state index is 0.0882. The Bertz CT molecular complexity index is 1290. The molecule has 10 heteroatoms. The van der Waals surface area contributed by atoms with Gasteiger partial charge >= 0.3 is 14.2 Å². The topological polar surface area (TPSA) is 100 Å². The van der Waals surface area contributed by atoms with Gasteiger partial charge < -0.3 is 29.3 Å². The zero-order valence-corrected chi connectivity index (χ0v) is 28.1. The molecule has 0 radical (unpaired) electrons. The van der Waals surface area contributed by atoms with E-state index in [2.05, 4.69) is 0 Å². The quantitative estimate of drug-likeness (QED) is 0.491. The number of benzene rings is 2. The summed E-state index contributed by atoms with van der Waals surface area (Å²) < 4.78 is 24.1. The van der Waals surface area contributed by atoms with Gasteiger partial charge in [0.25, 0.3) is 5.91 Å². The van der Waals surface area contributed by atoms with Crippen LogP contribution in [0.2, 0.25) is 0 Å². The van der Waals surface area contributed by atoms with Crippen molar-refractivity contribution in [1.29, 1.82) is 0 Å². The van der Waals surface area contributed by atoms with E-state index in [1.165, 1.54) is 19.3 Å². The molecule has 0 bridgehead atoms. The number of hydrogen-bond donors (Lipinski definition) is 1. The molecule has 2 N–H and O–H groups in total. The number of primary amides is 1. The van der Waals surface area contributed by atoms with Crippen LogP contribution in [-0.4, -0.2) is 66.4 Å². The molecule has 0 aromatic heterocycles. The molecule has 5 rings (SSSR count). The summed E-state index contributed by atoms with van der Waals surface area (Å²) in [4.78, 5) is 25.7. The highest BCUT2D eigenvalue weighted by Crippen LogP contribution is 2.37. The Labute approximate surface area is 264 Å². The molecule has 238 valence electrons. The molecule has 44 heavy (non-hydrogen) atoms. The van der Waals surface area contributed by atoms with Gasteiger partial charge in [0, 0.05) is 18.7 Å². The highest BCUT2D eigenvalue weighted by molar-refractivity contribution is 6.62. The average Bonchev–Trinajstić information content (AvgIpc) is 3.32. The number of hydrogen-bond acceptors (Lipinski definition) is 6. The predicted molar refractivity (Wildman–Crippen MR) is 176 cm³/mol. The summed E-state index contributed by atoms with van der Waals surface area (Å²) in [7, 11) is 1.13. The summed E-state index contributed by atoms with van der Waals surface area (Å²) in [6.45, 7) is 16.3. The SMILES string of the molecule is CC1(C)OB(c2ccc(CC(N)=O)cc2)OC1(C)C.CN(C(=O)c1cccc(B2OC(C)(C)C(C)(C)O2)c1)C1CCCCC1. The molecule has 2 amide bonds. The summed E-state index contributed by atoms with van der Waals surface area (Å²) in [6, 6.07) is 15.7. The number of nitrogens with two attached hydrogens (primary N) is 1. The zero-order valence-electron chi connectivity index (χ0n) is 28.1. The van der Waals surface area contributed by atoms with E-state index >= 15 is 0 Å². The normalized spacial score (nSPS) is 21.8. The van der Waals surface area contributed by atoms with E-state index in [0.717, 1.165) is 29.3 Å². The molecule has 2 heterocycles. The maximum absolute atomic E-state index is 12.9. The van der Waals surface area contributed by atoms with Crippen LogP contribution < -0.4 is 16.7 Å². The Kier molecular flexibility index (Phi) is 10.1. The summed E-state index contributed by atoms with van der Waals surface area (Å²) in [5, 5.41) is 0. The standard InChI is InChI=1S/C20H30BNO3.C14H20BNO3/c1-19(2)20(3,4)25-21(24-19)16-11-9-10-15(14-16)18(23)22(5)17-12-7-6-8-13-17;1-13(2)14(3,4)19-15(18-13)11-7-5-10(6-8-11)9-12(16)17/h9-11,14,17H,6-8,12-13H2,1-5H3;5-8H,9H2,1-4H3,(H2,16,17). The molecule has 3 aliphatic rings. The second-order valence-electron chi connectivity index (χ2n) is 14.4. The maximum atomic E-state index is 12.9. The number of carbonyl (C=O) groups excluding carboxylic acids is 2. The summed E-state index contributed by atoms with van der Waals surface area (Å²) in [5.74, 6) is -0.242. The van der Waals surface area contributed by atoms with Crippen LogP contribution in [0.25, 0.3) is 0 Å². The van der Waals surface area contributed by atoms with Crippen molar-refractivity contribution in [3.63, 3.8) is 0 Å².